The van der Waals surface area contributed by atoms with E-state index in [0.717, 1.165) is 54.5 Å². The minimum absolute atomic E-state index is 0.00906. The Kier molecular flexibility index (Phi) is 5.09. The van der Waals surface area contributed by atoms with E-state index in [0.29, 0.717) is 11.3 Å². The summed E-state index contributed by atoms with van der Waals surface area (Å²) in [7, 11) is -3.94. The molecule has 0 saturated heterocycles. The zero-order valence-corrected chi connectivity index (χ0v) is 32.0. The van der Waals surface area contributed by atoms with Crippen molar-refractivity contribution < 1.29 is 17.8 Å². The molecule has 10 aromatic rings. The number of aromatic nitrogens is 1. The fourth-order valence-electron chi connectivity index (χ4n) is 10.1. The van der Waals surface area contributed by atoms with Crippen LogP contribution in [0.5, 0.6) is 0 Å². The van der Waals surface area contributed by atoms with Gasteiger partial charge in [-0.15, -0.1) is 0 Å². The first kappa shape index (κ1) is 22.7. The van der Waals surface area contributed by atoms with Crippen molar-refractivity contribution in [2.45, 2.75) is 11.8 Å². The number of hydrogen-bond donors (Lipinski definition) is 0. The lowest BCUT2D eigenvalue weighted by molar-refractivity contribution is 0.760. The number of rotatable bonds is 6. The lowest BCUT2D eigenvalue weighted by atomic mass is 9.60. The van der Waals surface area contributed by atoms with Crippen molar-refractivity contribution in [3.63, 3.8) is 0 Å². The van der Waals surface area contributed by atoms with Gasteiger partial charge >= 0.3 is 0 Å². The molecule has 1 nitrogen and oxygen atoms in total. The van der Waals surface area contributed by atoms with E-state index in [1.54, 1.807) is 10.6 Å². The topological polar surface area (TPSA) is 4.93 Å². The van der Waals surface area contributed by atoms with Crippen LogP contribution < -0.4 is 20.7 Å². The summed E-state index contributed by atoms with van der Waals surface area (Å²) in [6.07, 6.45) is 0. The van der Waals surface area contributed by atoms with Gasteiger partial charge in [0, 0.05) is 28.2 Å². The van der Waals surface area contributed by atoms with Crippen LogP contribution >= 0.6 is 0 Å². The second kappa shape index (κ2) is 13.0. The first-order valence-electron chi connectivity index (χ1n) is 25.9. The van der Waals surface area contributed by atoms with E-state index in [1.165, 1.54) is 0 Å². The Hall–Kier alpha value is -7.00. The molecule has 2 atom stereocenters. The summed E-state index contributed by atoms with van der Waals surface area (Å²) < 4.78 is 120. The maximum Gasteiger partial charge on any atom is 0.179 e. The number of benzene rings is 9. The summed E-state index contributed by atoms with van der Waals surface area (Å²) >= 11 is 0. The van der Waals surface area contributed by atoms with Gasteiger partial charge in [0.1, 0.15) is 0 Å². The summed E-state index contributed by atoms with van der Waals surface area (Å²) in [5.74, 6) is -0.794. The van der Waals surface area contributed by atoms with Crippen LogP contribution in [-0.4, -0.2) is 12.6 Å². The lowest BCUT2D eigenvalue weighted by Gasteiger charge is -2.47. The predicted molar refractivity (Wildman–Crippen MR) is 245 cm³/mol. The Balaban J connectivity index is 1.22. The Labute approximate surface area is 358 Å². The van der Waals surface area contributed by atoms with Crippen LogP contribution in [0.3, 0.4) is 0 Å². The van der Waals surface area contributed by atoms with Gasteiger partial charge in [0.05, 0.1) is 34.5 Å². The van der Waals surface area contributed by atoms with Crippen molar-refractivity contribution in [2.24, 2.45) is 0 Å². The standard InChI is InChI=1S/C56H39NSi/c1-4-20-38(21-5-1)58(39-22-6-2-7-23-39,40-24-8-3-9-25-40)52-37-19-33-48-53-45-29-10-11-30-46(45)56(55(48)52)54-44(31-18-32-47(53)54)43-28-14-17-36-51(43)57-49-34-15-12-26-41(49)42-27-13-16-35-50(42)57/h1-37,53,56H/i1D,4D,5D,12D,13D,15D,16D,20D,21D,26D,27D,34D,35D. The fourth-order valence-corrected chi connectivity index (χ4v) is 14.9. The highest BCUT2D eigenvalue weighted by Gasteiger charge is 2.49. The average molecular weight is 767 g/mol. The molecule has 1 aromatic heterocycles. The SMILES string of the molecule is [2H]c1c([2H])c([2H])c([Si](c2ccccc2)(c2ccccc2)c2cccc3c2C2c4ccccc4C3c3cccc(-c4ccccc4-n4c5c([2H])c([2H])c([2H])c([2H])c5c5c([2H])c([2H])c([2H])c([2H])c54)c32)c([2H])c1[2H]. The molecule has 0 N–H and O–H groups in total. The van der Waals surface area contributed by atoms with Crippen molar-refractivity contribution in [3.8, 4) is 16.8 Å². The van der Waals surface area contributed by atoms with Gasteiger partial charge in [-0.3, -0.25) is 0 Å². The van der Waals surface area contributed by atoms with Crippen LogP contribution in [0, 0.1) is 0 Å². The molecule has 0 saturated carbocycles. The molecule has 1 heterocycles. The van der Waals surface area contributed by atoms with Crippen LogP contribution in [0.2, 0.25) is 0 Å². The fraction of sp³-hybridized carbons (Fsp3) is 0.0357. The van der Waals surface area contributed by atoms with E-state index in [1.807, 2.05) is 109 Å². The minimum atomic E-state index is -3.94. The molecule has 3 aliphatic rings. The Morgan fingerprint density at radius 1 is 0.379 bits per heavy atom. The quantitative estimate of drug-likeness (QED) is 0.117. The predicted octanol–water partition coefficient (Wildman–Crippen LogP) is 10.8. The van der Waals surface area contributed by atoms with E-state index in [2.05, 4.69) is 30.3 Å². The molecule has 9 aromatic carbocycles. The van der Waals surface area contributed by atoms with Gasteiger partial charge < -0.3 is 4.57 Å². The van der Waals surface area contributed by atoms with Crippen LogP contribution in [0.15, 0.2) is 224 Å². The summed E-state index contributed by atoms with van der Waals surface area (Å²) in [5, 5.41) is 2.79. The molecule has 58 heavy (non-hydrogen) atoms. The number of para-hydroxylation sites is 3. The highest BCUT2D eigenvalue weighted by atomic mass is 28.3. The maximum atomic E-state index is 9.74. The van der Waals surface area contributed by atoms with Crippen LogP contribution in [-0.2, 0) is 0 Å². The summed E-state index contributed by atoms with van der Waals surface area (Å²) in [4.78, 5) is 0. The number of fused-ring (bicyclic) bond motifs is 3. The smallest absolute Gasteiger partial charge is 0.179 e. The molecule has 0 spiro atoms. The molecule has 0 amide bonds. The van der Waals surface area contributed by atoms with Gasteiger partial charge in [-0.05, 0) is 77.8 Å². The molecule has 2 bridgehead atoms. The van der Waals surface area contributed by atoms with E-state index in [9.17, 15) is 5.48 Å². The summed E-state index contributed by atoms with van der Waals surface area (Å²) in [5.41, 5.74) is 8.07. The Morgan fingerprint density at radius 3 is 1.55 bits per heavy atom. The van der Waals surface area contributed by atoms with Gasteiger partial charge in [0.2, 0.25) is 0 Å². The van der Waals surface area contributed by atoms with E-state index >= 15 is 0 Å². The maximum absolute atomic E-state index is 9.74. The third-order valence-electron chi connectivity index (χ3n) is 12.3. The summed E-state index contributed by atoms with van der Waals surface area (Å²) in [6, 6.07) is 42.4. The second-order valence-corrected chi connectivity index (χ2v) is 18.6. The zero-order valence-electron chi connectivity index (χ0n) is 44.0. The van der Waals surface area contributed by atoms with E-state index in [4.69, 9.17) is 12.3 Å². The average Bonchev–Trinajstić information content (AvgIpc) is 3.77. The largest absolute Gasteiger partial charge is 0.309 e. The molecule has 272 valence electrons. The molecule has 3 aliphatic carbocycles. The van der Waals surface area contributed by atoms with E-state index < -0.39 is 68.4 Å². The van der Waals surface area contributed by atoms with Crippen LogP contribution in [0.1, 0.15) is 63.0 Å². The first-order chi connectivity index (χ1) is 34.2. The lowest BCUT2D eigenvalue weighted by Crippen LogP contribution is -2.75. The highest BCUT2D eigenvalue weighted by molar-refractivity contribution is 7.20. The Morgan fingerprint density at radius 2 is 0.879 bits per heavy atom. The normalized spacial score (nSPS) is 18.4. The molecular weight excluding hydrogens is 715 g/mol. The van der Waals surface area contributed by atoms with Crippen molar-refractivity contribution in [2.75, 3.05) is 0 Å². The summed E-state index contributed by atoms with van der Waals surface area (Å²) in [6.45, 7) is 0. The molecule has 2 heteroatoms. The number of nitrogens with zero attached hydrogens (tertiary/aromatic N) is 1. The molecular formula is C56H39NSi. The van der Waals surface area contributed by atoms with Gasteiger partial charge in [0.25, 0.3) is 0 Å². The molecule has 0 fully saturated rings. The van der Waals surface area contributed by atoms with Gasteiger partial charge in [-0.1, -0.05) is 206 Å². The van der Waals surface area contributed by atoms with Crippen molar-refractivity contribution in [1.82, 2.24) is 4.57 Å². The third kappa shape index (κ3) is 4.58. The highest BCUT2D eigenvalue weighted by Crippen LogP contribution is 2.58. The monoisotopic (exact) mass is 766 g/mol. The number of hydrogen-bond acceptors (Lipinski definition) is 0. The van der Waals surface area contributed by atoms with Gasteiger partial charge in [0.15, 0.2) is 8.07 Å². The zero-order chi connectivity index (χ0) is 49.5. The Bertz CT molecular complexity index is 3800. The van der Waals surface area contributed by atoms with E-state index in [-0.39, 0.29) is 57.1 Å². The van der Waals surface area contributed by atoms with Crippen molar-refractivity contribution in [1.29, 1.82) is 0 Å². The molecule has 2 unspecified atom stereocenters. The van der Waals surface area contributed by atoms with Crippen LogP contribution in [0.4, 0.5) is 0 Å². The molecule has 13 rings (SSSR count). The molecule has 0 radical (unpaired) electrons. The van der Waals surface area contributed by atoms with Crippen LogP contribution in [0.25, 0.3) is 38.6 Å². The first-order valence-corrected chi connectivity index (χ1v) is 21.4. The van der Waals surface area contributed by atoms with Gasteiger partial charge in [-0.25, -0.2) is 0 Å². The molecule has 0 aliphatic heterocycles. The second-order valence-electron chi connectivity index (χ2n) is 14.9. The van der Waals surface area contributed by atoms with Crippen molar-refractivity contribution >= 4 is 50.6 Å². The minimum Gasteiger partial charge on any atom is -0.309 e. The third-order valence-corrected chi connectivity index (χ3v) is 16.9. The van der Waals surface area contributed by atoms with Crippen molar-refractivity contribution in [3.05, 3.63) is 258 Å². The van der Waals surface area contributed by atoms with Gasteiger partial charge in [-0.2, -0.15) is 0 Å².